The van der Waals surface area contributed by atoms with E-state index < -0.39 is 16.6 Å². The van der Waals surface area contributed by atoms with Crippen molar-refractivity contribution in [2.45, 2.75) is 26.4 Å². The first kappa shape index (κ1) is 13.7. The van der Waals surface area contributed by atoms with E-state index in [4.69, 9.17) is 4.74 Å². The number of carbonyl (C=O) groups is 1. The third-order valence-corrected chi connectivity index (χ3v) is 1.64. The lowest BCUT2D eigenvalue weighted by Gasteiger charge is -2.19. The molecule has 18 heavy (non-hydrogen) atoms. The van der Waals surface area contributed by atoms with Gasteiger partial charge in [0.1, 0.15) is 5.60 Å². The summed E-state index contributed by atoms with van der Waals surface area (Å²) in [5, 5.41) is 10.4. The van der Waals surface area contributed by atoms with Gasteiger partial charge in [-0.2, -0.15) is 0 Å². The van der Waals surface area contributed by atoms with E-state index in [1.165, 1.54) is 18.3 Å². The molecule has 0 saturated carbocycles. The molecule has 2 N–H and O–H groups in total. The van der Waals surface area contributed by atoms with Crippen LogP contribution in [0.2, 0.25) is 0 Å². The van der Waals surface area contributed by atoms with E-state index in [0.717, 1.165) is 0 Å². The molecule has 0 bridgehead atoms. The van der Waals surface area contributed by atoms with Crippen LogP contribution in [0.3, 0.4) is 0 Å². The van der Waals surface area contributed by atoms with Gasteiger partial charge >= 0.3 is 11.9 Å². The van der Waals surface area contributed by atoms with Crippen LogP contribution in [0.4, 0.5) is 16.3 Å². The standard InChI is InChI=1S/C10H14N4O4/c1-10(2,3)18-9(15)13-12-7-4-5-8(11-6-7)14(16)17/h4-6,12H,1-3H3,(H,13,15). The second-order valence-corrected chi connectivity index (χ2v) is 4.41. The third kappa shape index (κ3) is 4.64. The number of aromatic nitrogens is 1. The number of hydrogen-bond donors (Lipinski definition) is 2. The van der Waals surface area contributed by atoms with Gasteiger partial charge in [0.25, 0.3) is 0 Å². The van der Waals surface area contributed by atoms with Crippen molar-refractivity contribution in [3.05, 3.63) is 28.4 Å². The Kier molecular flexibility index (Phi) is 4.03. The molecule has 0 aliphatic carbocycles. The SMILES string of the molecule is CC(C)(C)OC(=O)NNc1ccc([N+](=O)[O-])nc1. The average Bonchev–Trinajstić information content (AvgIpc) is 2.24. The zero-order valence-corrected chi connectivity index (χ0v) is 10.3. The third-order valence-electron chi connectivity index (χ3n) is 1.64. The van der Waals surface area contributed by atoms with Crippen LogP contribution in [-0.4, -0.2) is 21.6 Å². The number of nitrogens with one attached hydrogen (secondary N) is 2. The smallest absolute Gasteiger partial charge is 0.426 e. The Labute approximate surface area is 103 Å². The van der Waals surface area contributed by atoms with E-state index in [2.05, 4.69) is 15.8 Å². The van der Waals surface area contributed by atoms with Crippen LogP contribution >= 0.6 is 0 Å². The molecule has 0 atom stereocenters. The molecule has 1 aromatic heterocycles. The number of pyridine rings is 1. The summed E-state index contributed by atoms with van der Waals surface area (Å²) in [5.41, 5.74) is 4.62. The van der Waals surface area contributed by atoms with Crippen LogP contribution < -0.4 is 10.9 Å². The molecule has 0 aromatic carbocycles. The maximum atomic E-state index is 11.3. The van der Waals surface area contributed by atoms with Crippen LogP contribution in [0.15, 0.2) is 18.3 Å². The summed E-state index contributed by atoms with van der Waals surface area (Å²) < 4.78 is 4.98. The number of anilines is 1. The first-order valence-electron chi connectivity index (χ1n) is 5.13. The van der Waals surface area contributed by atoms with Crippen molar-refractivity contribution in [3.63, 3.8) is 0 Å². The zero-order valence-electron chi connectivity index (χ0n) is 10.3. The van der Waals surface area contributed by atoms with Crippen molar-refractivity contribution in [1.29, 1.82) is 0 Å². The Bertz CT molecular complexity index is 438. The van der Waals surface area contributed by atoms with Gasteiger partial charge < -0.3 is 14.9 Å². The summed E-state index contributed by atoms with van der Waals surface area (Å²) >= 11 is 0. The summed E-state index contributed by atoms with van der Waals surface area (Å²) in [6.45, 7) is 5.21. The van der Waals surface area contributed by atoms with Crippen molar-refractivity contribution in [1.82, 2.24) is 10.4 Å². The van der Waals surface area contributed by atoms with E-state index in [1.807, 2.05) is 0 Å². The van der Waals surface area contributed by atoms with Gasteiger partial charge in [-0.25, -0.2) is 10.2 Å². The minimum atomic E-state index is -0.652. The maximum absolute atomic E-state index is 11.3. The van der Waals surface area contributed by atoms with Gasteiger partial charge in [0.05, 0.1) is 5.69 Å². The molecule has 1 aromatic rings. The molecule has 1 heterocycles. The number of ether oxygens (including phenoxy) is 1. The fourth-order valence-electron chi connectivity index (χ4n) is 0.995. The van der Waals surface area contributed by atoms with Crippen molar-refractivity contribution < 1.29 is 14.5 Å². The molecule has 98 valence electrons. The summed E-state index contributed by atoms with van der Waals surface area (Å²) in [4.78, 5) is 24.6. The van der Waals surface area contributed by atoms with Crippen molar-refractivity contribution >= 4 is 17.6 Å². The van der Waals surface area contributed by atoms with Gasteiger partial charge in [-0.15, -0.1) is 0 Å². The lowest BCUT2D eigenvalue weighted by molar-refractivity contribution is -0.389. The Balaban J connectivity index is 2.49. The summed E-state index contributed by atoms with van der Waals surface area (Å²) in [7, 11) is 0. The Hall–Kier alpha value is -2.38. The second kappa shape index (κ2) is 5.30. The molecular weight excluding hydrogens is 240 g/mol. The van der Waals surface area contributed by atoms with Crippen LogP contribution in [-0.2, 0) is 4.74 Å². The van der Waals surface area contributed by atoms with Crippen LogP contribution in [0.25, 0.3) is 0 Å². The predicted molar refractivity (Wildman–Crippen MR) is 63.9 cm³/mol. The fraction of sp³-hybridized carbons (Fsp3) is 0.400. The lowest BCUT2D eigenvalue weighted by Crippen LogP contribution is -2.35. The highest BCUT2D eigenvalue weighted by molar-refractivity contribution is 5.69. The number of carbonyl (C=O) groups excluding carboxylic acids is 1. The van der Waals surface area contributed by atoms with Gasteiger partial charge in [-0.3, -0.25) is 5.43 Å². The Morgan fingerprint density at radius 2 is 2.11 bits per heavy atom. The zero-order chi connectivity index (χ0) is 13.8. The van der Waals surface area contributed by atoms with Gasteiger partial charge in [-0.1, -0.05) is 0 Å². The molecule has 1 rings (SSSR count). The maximum Gasteiger partial charge on any atom is 0.426 e. The molecule has 0 radical (unpaired) electrons. The molecule has 0 fully saturated rings. The Morgan fingerprint density at radius 1 is 1.44 bits per heavy atom. The fourth-order valence-corrected chi connectivity index (χ4v) is 0.995. The minimum Gasteiger partial charge on any atom is -0.443 e. The summed E-state index contributed by atoms with van der Waals surface area (Å²) in [5.74, 6) is -0.266. The van der Waals surface area contributed by atoms with Gasteiger partial charge in [-0.05, 0) is 36.7 Å². The summed E-state index contributed by atoms with van der Waals surface area (Å²) in [6, 6.07) is 2.64. The van der Waals surface area contributed by atoms with Crippen LogP contribution in [0.5, 0.6) is 0 Å². The van der Waals surface area contributed by atoms with Crippen LogP contribution in [0, 0.1) is 10.1 Å². The van der Waals surface area contributed by atoms with E-state index in [1.54, 1.807) is 20.8 Å². The highest BCUT2D eigenvalue weighted by Crippen LogP contribution is 2.11. The topological polar surface area (TPSA) is 106 Å². The number of hydrogen-bond acceptors (Lipinski definition) is 6. The minimum absolute atomic E-state index is 0.266. The number of nitrogens with zero attached hydrogens (tertiary/aromatic N) is 2. The highest BCUT2D eigenvalue weighted by Gasteiger charge is 2.16. The lowest BCUT2D eigenvalue weighted by atomic mass is 10.2. The largest absolute Gasteiger partial charge is 0.443 e. The number of rotatable bonds is 3. The molecule has 0 aliphatic heterocycles. The van der Waals surface area contributed by atoms with Crippen molar-refractivity contribution in [3.8, 4) is 0 Å². The Morgan fingerprint density at radius 3 is 2.56 bits per heavy atom. The second-order valence-electron chi connectivity index (χ2n) is 4.41. The normalized spacial score (nSPS) is 10.6. The molecule has 1 amide bonds. The van der Waals surface area contributed by atoms with E-state index in [0.29, 0.717) is 5.69 Å². The quantitative estimate of drug-likeness (QED) is 0.629. The monoisotopic (exact) mass is 254 g/mol. The molecule has 8 nitrogen and oxygen atoms in total. The number of hydrazine groups is 1. The van der Waals surface area contributed by atoms with E-state index >= 15 is 0 Å². The molecule has 0 aliphatic rings. The number of amides is 1. The van der Waals surface area contributed by atoms with Gasteiger partial charge in [0.2, 0.25) is 0 Å². The number of nitro groups is 1. The average molecular weight is 254 g/mol. The van der Waals surface area contributed by atoms with E-state index in [-0.39, 0.29) is 5.82 Å². The van der Waals surface area contributed by atoms with E-state index in [9.17, 15) is 14.9 Å². The van der Waals surface area contributed by atoms with Crippen molar-refractivity contribution in [2.24, 2.45) is 0 Å². The van der Waals surface area contributed by atoms with Crippen molar-refractivity contribution in [2.75, 3.05) is 5.43 Å². The van der Waals surface area contributed by atoms with Crippen LogP contribution in [0.1, 0.15) is 20.8 Å². The molecule has 0 saturated heterocycles. The van der Waals surface area contributed by atoms with Gasteiger partial charge in [0.15, 0.2) is 6.20 Å². The van der Waals surface area contributed by atoms with Gasteiger partial charge in [0, 0.05) is 6.07 Å². The first-order chi connectivity index (χ1) is 8.28. The molecule has 0 unspecified atom stereocenters. The first-order valence-corrected chi connectivity index (χ1v) is 5.13. The molecular formula is C10H14N4O4. The predicted octanol–water partition coefficient (Wildman–Crippen LogP) is 1.84. The highest BCUT2D eigenvalue weighted by atomic mass is 16.6. The summed E-state index contributed by atoms with van der Waals surface area (Å²) in [6.07, 6.45) is 0.580. The molecule has 8 heteroatoms. The molecule has 0 spiro atoms.